The molecule has 0 radical (unpaired) electrons. The molecule has 0 spiro atoms. The number of aromatic nitrogens is 3. The van der Waals surface area contributed by atoms with E-state index >= 15 is 0 Å². The van der Waals surface area contributed by atoms with Crippen LogP contribution in [0.1, 0.15) is 21.6 Å². The van der Waals surface area contributed by atoms with Gasteiger partial charge in [-0.05, 0) is 24.6 Å². The van der Waals surface area contributed by atoms with E-state index in [1.807, 2.05) is 6.92 Å². The minimum atomic E-state index is -0.973. The molecule has 0 aliphatic rings. The lowest BCUT2D eigenvalue weighted by Crippen LogP contribution is -2.01. The Morgan fingerprint density at radius 3 is 2.89 bits per heavy atom. The molecule has 18 heavy (non-hydrogen) atoms. The lowest BCUT2D eigenvalue weighted by atomic mass is 10.1. The number of ether oxygens (including phenoxy) is 1. The van der Waals surface area contributed by atoms with Gasteiger partial charge in [0.25, 0.3) is 0 Å². The Morgan fingerprint density at radius 2 is 2.28 bits per heavy atom. The highest BCUT2D eigenvalue weighted by Crippen LogP contribution is 2.20. The molecule has 0 aliphatic heterocycles. The first kappa shape index (κ1) is 12.1. The zero-order valence-corrected chi connectivity index (χ0v) is 10.1. The number of carbonyl (C=O) groups is 1. The summed E-state index contributed by atoms with van der Waals surface area (Å²) in [6.45, 7) is 2.12. The molecule has 0 atom stereocenters. The molecular weight excluding hydrogens is 234 g/mol. The van der Waals surface area contributed by atoms with Crippen LogP contribution in [-0.4, -0.2) is 26.1 Å². The fraction of sp³-hybridized carbons (Fsp3) is 0.250. The Bertz CT molecular complexity index is 578. The third-order valence-electron chi connectivity index (χ3n) is 2.46. The molecule has 0 saturated heterocycles. The lowest BCUT2D eigenvalue weighted by molar-refractivity contribution is 0.0696. The summed E-state index contributed by atoms with van der Waals surface area (Å²) in [5.74, 6) is -0.431. The average Bonchev–Trinajstić information content (AvgIpc) is 2.74. The maximum atomic E-state index is 10.9. The van der Waals surface area contributed by atoms with Gasteiger partial charge in [0.05, 0.1) is 11.8 Å². The Morgan fingerprint density at radius 1 is 1.50 bits per heavy atom. The molecule has 0 fully saturated rings. The van der Waals surface area contributed by atoms with E-state index in [0.717, 1.165) is 5.56 Å². The van der Waals surface area contributed by atoms with Gasteiger partial charge in [0.15, 0.2) is 0 Å². The number of aryl methyl sites for hydroxylation is 2. The first-order valence-electron chi connectivity index (χ1n) is 5.38. The van der Waals surface area contributed by atoms with Crippen molar-refractivity contribution in [3.05, 3.63) is 41.2 Å². The third-order valence-corrected chi connectivity index (χ3v) is 2.46. The average molecular weight is 247 g/mol. The number of hydrogen-bond acceptors (Lipinski definition) is 4. The van der Waals surface area contributed by atoms with Crippen molar-refractivity contribution < 1.29 is 14.6 Å². The minimum Gasteiger partial charge on any atom is -0.487 e. The van der Waals surface area contributed by atoms with E-state index in [2.05, 4.69) is 10.3 Å². The lowest BCUT2D eigenvalue weighted by Gasteiger charge is -2.08. The van der Waals surface area contributed by atoms with Gasteiger partial charge in [-0.3, -0.25) is 4.68 Å². The van der Waals surface area contributed by atoms with Crippen molar-refractivity contribution in [1.82, 2.24) is 15.0 Å². The summed E-state index contributed by atoms with van der Waals surface area (Å²) in [7, 11) is 1.77. The molecule has 6 heteroatoms. The van der Waals surface area contributed by atoms with E-state index in [-0.39, 0.29) is 12.2 Å². The van der Waals surface area contributed by atoms with E-state index in [4.69, 9.17) is 9.84 Å². The Balaban J connectivity index is 2.13. The Kier molecular flexibility index (Phi) is 3.27. The SMILES string of the molecule is Cc1ccc(C(=O)O)cc1OCc1cn(C)nn1. The predicted octanol–water partition coefficient (Wildman–Crippen LogP) is 1.40. The van der Waals surface area contributed by atoms with Gasteiger partial charge in [0, 0.05) is 7.05 Å². The summed E-state index contributed by atoms with van der Waals surface area (Å²) in [6.07, 6.45) is 1.75. The standard InChI is InChI=1S/C12H13N3O3/c1-8-3-4-9(12(16)17)5-11(8)18-7-10-6-15(2)14-13-10/h3-6H,7H2,1-2H3,(H,16,17). The van der Waals surface area contributed by atoms with Crippen molar-refractivity contribution >= 4 is 5.97 Å². The van der Waals surface area contributed by atoms with Crippen molar-refractivity contribution in [2.24, 2.45) is 7.05 Å². The van der Waals surface area contributed by atoms with Crippen LogP contribution >= 0.6 is 0 Å². The molecular formula is C12H13N3O3. The number of aromatic carboxylic acids is 1. The number of hydrogen-bond donors (Lipinski definition) is 1. The molecule has 2 rings (SSSR count). The summed E-state index contributed by atoms with van der Waals surface area (Å²) in [4.78, 5) is 10.9. The summed E-state index contributed by atoms with van der Waals surface area (Å²) < 4.78 is 7.13. The van der Waals surface area contributed by atoms with E-state index in [9.17, 15) is 4.79 Å². The number of nitrogens with zero attached hydrogens (tertiary/aromatic N) is 3. The fourth-order valence-electron chi connectivity index (χ4n) is 1.50. The van der Waals surface area contributed by atoms with Crippen LogP contribution in [0.3, 0.4) is 0 Å². The monoisotopic (exact) mass is 247 g/mol. The van der Waals surface area contributed by atoms with Gasteiger partial charge in [-0.25, -0.2) is 4.79 Å². The maximum Gasteiger partial charge on any atom is 0.335 e. The van der Waals surface area contributed by atoms with Gasteiger partial charge in [0.1, 0.15) is 18.1 Å². The highest BCUT2D eigenvalue weighted by Gasteiger charge is 2.08. The largest absolute Gasteiger partial charge is 0.487 e. The highest BCUT2D eigenvalue weighted by atomic mass is 16.5. The molecule has 94 valence electrons. The third kappa shape index (κ3) is 2.65. The summed E-state index contributed by atoms with van der Waals surface area (Å²) >= 11 is 0. The van der Waals surface area contributed by atoms with Crippen LogP contribution in [0.5, 0.6) is 5.75 Å². The van der Waals surface area contributed by atoms with Crippen molar-refractivity contribution in [2.45, 2.75) is 13.5 Å². The van der Waals surface area contributed by atoms with E-state index in [1.54, 1.807) is 30.1 Å². The van der Waals surface area contributed by atoms with E-state index in [0.29, 0.717) is 11.4 Å². The molecule has 6 nitrogen and oxygen atoms in total. The van der Waals surface area contributed by atoms with Crippen molar-refractivity contribution in [1.29, 1.82) is 0 Å². The molecule has 0 unspecified atom stereocenters. The molecule has 1 N–H and O–H groups in total. The second-order valence-electron chi connectivity index (χ2n) is 3.96. The van der Waals surface area contributed by atoms with Crippen LogP contribution in [0.15, 0.2) is 24.4 Å². The summed E-state index contributed by atoms with van der Waals surface area (Å²) in [5, 5.41) is 16.6. The zero-order chi connectivity index (χ0) is 13.1. The van der Waals surface area contributed by atoms with Crippen LogP contribution in [0.4, 0.5) is 0 Å². The quantitative estimate of drug-likeness (QED) is 0.883. The van der Waals surface area contributed by atoms with Crippen LogP contribution < -0.4 is 4.74 Å². The van der Waals surface area contributed by atoms with Crippen LogP contribution in [0.25, 0.3) is 0 Å². The molecule has 1 aromatic heterocycles. The zero-order valence-electron chi connectivity index (χ0n) is 10.1. The van der Waals surface area contributed by atoms with Gasteiger partial charge in [-0.2, -0.15) is 0 Å². The van der Waals surface area contributed by atoms with Gasteiger partial charge in [-0.1, -0.05) is 11.3 Å². The van der Waals surface area contributed by atoms with Crippen LogP contribution in [0, 0.1) is 6.92 Å². The highest BCUT2D eigenvalue weighted by molar-refractivity contribution is 5.88. The van der Waals surface area contributed by atoms with E-state index in [1.165, 1.54) is 6.07 Å². The second-order valence-corrected chi connectivity index (χ2v) is 3.96. The molecule has 0 bridgehead atoms. The molecule has 2 aromatic rings. The molecule has 0 aliphatic carbocycles. The normalized spacial score (nSPS) is 10.3. The fourth-order valence-corrected chi connectivity index (χ4v) is 1.50. The predicted molar refractivity (Wildman–Crippen MR) is 63.5 cm³/mol. The van der Waals surface area contributed by atoms with Gasteiger partial charge in [-0.15, -0.1) is 5.10 Å². The van der Waals surface area contributed by atoms with Gasteiger partial charge in [0.2, 0.25) is 0 Å². The first-order valence-corrected chi connectivity index (χ1v) is 5.38. The molecule has 1 aromatic carbocycles. The molecule has 1 heterocycles. The maximum absolute atomic E-state index is 10.9. The minimum absolute atomic E-state index is 0.203. The Hall–Kier alpha value is -2.37. The van der Waals surface area contributed by atoms with E-state index < -0.39 is 5.97 Å². The van der Waals surface area contributed by atoms with Gasteiger partial charge >= 0.3 is 5.97 Å². The second kappa shape index (κ2) is 4.87. The van der Waals surface area contributed by atoms with Gasteiger partial charge < -0.3 is 9.84 Å². The Labute approximate surface area is 104 Å². The van der Waals surface area contributed by atoms with Crippen LogP contribution in [0.2, 0.25) is 0 Å². The molecule has 0 amide bonds. The van der Waals surface area contributed by atoms with Crippen LogP contribution in [-0.2, 0) is 13.7 Å². The van der Waals surface area contributed by atoms with Crippen molar-refractivity contribution in [3.63, 3.8) is 0 Å². The number of benzene rings is 1. The summed E-state index contributed by atoms with van der Waals surface area (Å²) in [6, 6.07) is 4.77. The molecule has 0 saturated carbocycles. The smallest absolute Gasteiger partial charge is 0.335 e. The number of rotatable bonds is 4. The van der Waals surface area contributed by atoms with Crippen molar-refractivity contribution in [2.75, 3.05) is 0 Å². The first-order chi connectivity index (χ1) is 8.56. The number of carboxylic acids is 1. The number of carboxylic acid groups (broad SMARTS) is 1. The summed E-state index contributed by atoms with van der Waals surface area (Å²) in [5.41, 5.74) is 1.77. The van der Waals surface area contributed by atoms with Crippen molar-refractivity contribution in [3.8, 4) is 5.75 Å². The topological polar surface area (TPSA) is 77.2 Å².